The van der Waals surface area contributed by atoms with Crippen LogP contribution in [0.25, 0.3) is 0 Å². The standard InChI is InChI=1S/C13H16N4O4S2/c1-8-12(22-7-14-8)13(18)17-3-4-21-6-9(17)11-10(5-15-16-11)23(2,19)20/h5,7,9H,3-4,6H2,1-2H3,(H,15,16). The van der Waals surface area contributed by atoms with Crippen LogP contribution in [-0.4, -0.2) is 60.4 Å². The summed E-state index contributed by atoms with van der Waals surface area (Å²) in [7, 11) is -3.45. The molecule has 1 aliphatic rings. The molecule has 3 rings (SSSR count). The van der Waals surface area contributed by atoms with Crippen LogP contribution in [0.2, 0.25) is 0 Å². The van der Waals surface area contributed by atoms with Gasteiger partial charge in [0.15, 0.2) is 9.84 Å². The Morgan fingerprint density at radius 2 is 2.30 bits per heavy atom. The average Bonchev–Trinajstić information content (AvgIpc) is 3.14. The molecule has 2 aromatic heterocycles. The van der Waals surface area contributed by atoms with Crippen molar-refractivity contribution in [1.29, 1.82) is 0 Å². The lowest BCUT2D eigenvalue weighted by molar-refractivity contribution is -0.00447. The monoisotopic (exact) mass is 356 g/mol. The molecule has 0 saturated carbocycles. The summed E-state index contributed by atoms with van der Waals surface area (Å²) in [5, 5.41) is 6.54. The minimum absolute atomic E-state index is 0.0897. The molecule has 0 aliphatic carbocycles. The zero-order valence-corrected chi connectivity index (χ0v) is 14.3. The Kier molecular flexibility index (Phi) is 4.21. The lowest BCUT2D eigenvalue weighted by Gasteiger charge is -2.35. The summed E-state index contributed by atoms with van der Waals surface area (Å²) in [5.74, 6) is -0.174. The summed E-state index contributed by atoms with van der Waals surface area (Å²) in [5.41, 5.74) is 2.66. The first kappa shape index (κ1) is 16.1. The van der Waals surface area contributed by atoms with Gasteiger partial charge >= 0.3 is 0 Å². The van der Waals surface area contributed by atoms with Gasteiger partial charge in [-0.25, -0.2) is 13.4 Å². The zero-order valence-electron chi connectivity index (χ0n) is 12.6. The first-order valence-corrected chi connectivity index (χ1v) is 9.69. The number of nitrogens with one attached hydrogen (secondary N) is 1. The maximum Gasteiger partial charge on any atom is 0.266 e. The number of hydrogen-bond donors (Lipinski definition) is 1. The first-order valence-electron chi connectivity index (χ1n) is 6.91. The molecule has 0 bridgehead atoms. The third-order valence-electron chi connectivity index (χ3n) is 3.69. The van der Waals surface area contributed by atoms with Crippen LogP contribution in [0.15, 0.2) is 16.6 Å². The summed E-state index contributed by atoms with van der Waals surface area (Å²) < 4.78 is 29.3. The van der Waals surface area contributed by atoms with Crippen molar-refractivity contribution in [3.05, 3.63) is 28.0 Å². The number of morpholine rings is 1. The quantitative estimate of drug-likeness (QED) is 0.872. The molecule has 3 heterocycles. The number of nitrogens with zero attached hydrogens (tertiary/aromatic N) is 3. The van der Waals surface area contributed by atoms with Gasteiger partial charge < -0.3 is 9.64 Å². The van der Waals surface area contributed by atoms with Crippen molar-refractivity contribution in [3.63, 3.8) is 0 Å². The fraction of sp³-hybridized carbons (Fsp3) is 0.462. The molecule has 124 valence electrons. The molecule has 1 amide bonds. The van der Waals surface area contributed by atoms with E-state index in [-0.39, 0.29) is 17.4 Å². The van der Waals surface area contributed by atoms with Crippen molar-refractivity contribution in [2.75, 3.05) is 26.0 Å². The number of aromatic amines is 1. The molecule has 1 aliphatic heterocycles. The SMILES string of the molecule is Cc1ncsc1C(=O)N1CCOCC1c1[nH]ncc1S(C)(=O)=O. The number of rotatable bonds is 3. The molecule has 1 saturated heterocycles. The van der Waals surface area contributed by atoms with E-state index in [1.165, 1.54) is 17.5 Å². The molecule has 23 heavy (non-hydrogen) atoms. The van der Waals surface area contributed by atoms with Gasteiger partial charge in [-0.1, -0.05) is 0 Å². The lowest BCUT2D eigenvalue weighted by atomic mass is 10.1. The Hall–Kier alpha value is -1.78. The van der Waals surface area contributed by atoms with E-state index < -0.39 is 15.9 Å². The molecule has 1 fully saturated rings. The second-order valence-electron chi connectivity index (χ2n) is 5.28. The van der Waals surface area contributed by atoms with E-state index in [1.54, 1.807) is 17.3 Å². The molecule has 8 nitrogen and oxygen atoms in total. The van der Waals surface area contributed by atoms with E-state index in [0.29, 0.717) is 29.4 Å². The van der Waals surface area contributed by atoms with Crippen LogP contribution in [0.4, 0.5) is 0 Å². The van der Waals surface area contributed by atoms with Crippen molar-refractivity contribution in [3.8, 4) is 0 Å². The van der Waals surface area contributed by atoms with Gasteiger partial charge in [0.25, 0.3) is 5.91 Å². The summed E-state index contributed by atoms with van der Waals surface area (Å²) >= 11 is 1.27. The van der Waals surface area contributed by atoms with E-state index in [0.717, 1.165) is 6.26 Å². The lowest BCUT2D eigenvalue weighted by Crippen LogP contribution is -2.44. The first-order chi connectivity index (χ1) is 10.9. The summed E-state index contributed by atoms with van der Waals surface area (Å²) in [6.07, 6.45) is 2.38. The van der Waals surface area contributed by atoms with Crippen molar-refractivity contribution < 1.29 is 17.9 Å². The Labute approximate surface area is 137 Å². The van der Waals surface area contributed by atoms with Crippen LogP contribution in [0.1, 0.15) is 27.1 Å². The van der Waals surface area contributed by atoms with E-state index in [4.69, 9.17) is 4.74 Å². The van der Waals surface area contributed by atoms with Gasteiger partial charge in [0.1, 0.15) is 9.77 Å². The highest BCUT2D eigenvalue weighted by Crippen LogP contribution is 2.30. The molecule has 1 atom stereocenters. The van der Waals surface area contributed by atoms with Crippen LogP contribution in [-0.2, 0) is 14.6 Å². The Morgan fingerprint density at radius 1 is 1.52 bits per heavy atom. The van der Waals surface area contributed by atoms with Gasteiger partial charge in [-0.15, -0.1) is 11.3 Å². The Balaban J connectivity index is 1.99. The van der Waals surface area contributed by atoms with E-state index in [2.05, 4.69) is 15.2 Å². The maximum absolute atomic E-state index is 12.8. The number of carbonyl (C=O) groups is 1. The van der Waals surface area contributed by atoms with Crippen molar-refractivity contribution >= 4 is 27.1 Å². The maximum atomic E-state index is 12.8. The highest BCUT2D eigenvalue weighted by Gasteiger charge is 2.34. The summed E-state index contributed by atoms with van der Waals surface area (Å²) in [6, 6.07) is -0.523. The third-order valence-corrected chi connectivity index (χ3v) is 5.73. The van der Waals surface area contributed by atoms with Gasteiger partial charge in [-0.3, -0.25) is 9.89 Å². The molecule has 0 aromatic carbocycles. The van der Waals surface area contributed by atoms with E-state index in [9.17, 15) is 13.2 Å². The fourth-order valence-corrected chi connectivity index (χ4v) is 4.13. The van der Waals surface area contributed by atoms with Crippen LogP contribution in [0.3, 0.4) is 0 Å². The van der Waals surface area contributed by atoms with Crippen LogP contribution >= 0.6 is 11.3 Å². The molecular formula is C13H16N4O4S2. The number of thiazole rings is 1. The average molecular weight is 356 g/mol. The Bertz CT molecular complexity index is 827. The van der Waals surface area contributed by atoms with Crippen LogP contribution < -0.4 is 0 Å². The molecular weight excluding hydrogens is 340 g/mol. The van der Waals surface area contributed by atoms with Gasteiger partial charge in [-0.2, -0.15) is 5.10 Å². The van der Waals surface area contributed by atoms with Gasteiger partial charge in [0, 0.05) is 12.8 Å². The van der Waals surface area contributed by atoms with Gasteiger partial charge in [0.05, 0.1) is 42.4 Å². The number of hydrogen-bond acceptors (Lipinski definition) is 7. The number of sulfone groups is 1. The number of carbonyl (C=O) groups excluding carboxylic acids is 1. The van der Waals surface area contributed by atoms with Crippen molar-refractivity contribution in [1.82, 2.24) is 20.1 Å². The molecule has 10 heteroatoms. The molecule has 1 N–H and O–H groups in total. The highest BCUT2D eigenvalue weighted by molar-refractivity contribution is 7.90. The van der Waals surface area contributed by atoms with Crippen molar-refractivity contribution in [2.24, 2.45) is 0 Å². The van der Waals surface area contributed by atoms with Crippen LogP contribution in [0, 0.1) is 6.92 Å². The predicted octanol–water partition coefficient (Wildman–Crippen LogP) is 0.792. The van der Waals surface area contributed by atoms with Gasteiger partial charge in [0.2, 0.25) is 0 Å². The number of amides is 1. The molecule has 2 aromatic rings. The second kappa shape index (κ2) is 6.02. The predicted molar refractivity (Wildman–Crippen MR) is 83.1 cm³/mol. The number of aromatic nitrogens is 3. The number of aryl methyl sites for hydroxylation is 1. The van der Waals surface area contributed by atoms with Crippen molar-refractivity contribution in [2.45, 2.75) is 17.9 Å². The minimum Gasteiger partial charge on any atom is -0.377 e. The smallest absolute Gasteiger partial charge is 0.266 e. The van der Waals surface area contributed by atoms with Gasteiger partial charge in [-0.05, 0) is 6.92 Å². The third kappa shape index (κ3) is 3.01. The topological polar surface area (TPSA) is 105 Å². The number of ether oxygens (including phenoxy) is 1. The zero-order chi connectivity index (χ0) is 16.6. The summed E-state index contributed by atoms with van der Waals surface area (Å²) in [6.45, 7) is 2.77. The fourth-order valence-electron chi connectivity index (χ4n) is 2.54. The Morgan fingerprint density at radius 3 is 2.96 bits per heavy atom. The largest absolute Gasteiger partial charge is 0.377 e. The minimum atomic E-state index is -3.45. The van der Waals surface area contributed by atoms with Crippen LogP contribution in [0.5, 0.6) is 0 Å². The molecule has 1 unspecified atom stereocenters. The summed E-state index contributed by atoms with van der Waals surface area (Å²) in [4.78, 5) is 19.2. The normalized spacial score (nSPS) is 19.0. The molecule has 0 spiro atoms. The van der Waals surface area contributed by atoms with E-state index in [1.807, 2.05) is 0 Å². The second-order valence-corrected chi connectivity index (χ2v) is 8.12. The molecule has 0 radical (unpaired) electrons. The van der Waals surface area contributed by atoms with E-state index >= 15 is 0 Å². The highest BCUT2D eigenvalue weighted by atomic mass is 32.2. The number of H-pyrrole nitrogens is 1.